The van der Waals surface area contributed by atoms with Crippen molar-refractivity contribution in [1.29, 1.82) is 5.26 Å². The molecule has 4 nitrogen and oxygen atoms in total. The molecule has 1 atom stereocenters. The molecule has 1 N–H and O–H groups in total. The number of aromatic nitrogens is 2. The Balaban J connectivity index is 2.38. The summed E-state index contributed by atoms with van der Waals surface area (Å²) in [5.74, 6) is 0. The normalized spacial score (nSPS) is 14.4. The predicted octanol–water partition coefficient (Wildman–Crippen LogP) is 2.95. The summed E-state index contributed by atoms with van der Waals surface area (Å²) in [6.07, 6.45) is 2.96. The summed E-state index contributed by atoms with van der Waals surface area (Å²) < 4.78 is 2.05. The zero-order valence-electron chi connectivity index (χ0n) is 12.8. The third kappa shape index (κ3) is 5.04. The van der Waals surface area contributed by atoms with Crippen LogP contribution in [0.2, 0.25) is 0 Å². The molecule has 0 saturated heterocycles. The molecule has 1 aromatic heterocycles. The van der Waals surface area contributed by atoms with Crippen LogP contribution < -0.4 is 5.32 Å². The van der Waals surface area contributed by atoms with E-state index in [-0.39, 0.29) is 0 Å². The Labute approximate surface area is 116 Å². The molecule has 0 saturated carbocycles. The van der Waals surface area contributed by atoms with Crippen LogP contribution in [0.25, 0.3) is 0 Å². The summed E-state index contributed by atoms with van der Waals surface area (Å²) in [7, 11) is 0. The first-order valence-corrected chi connectivity index (χ1v) is 7.06. The number of nitriles is 1. The Kier molecular flexibility index (Phi) is 5.56. The van der Waals surface area contributed by atoms with E-state index in [0.717, 1.165) is 31.5 Å². The highest BCUT2D eigenvalue weighted by molar-refractivity contribution is 5.06. The predicted molar refractivity (Wildman–Crippen MR) is 77.8 cm³/mol. The first kappa shape index (κ1) is 15.7. The molecular formula is C15H26N4. The number of hydrogen-bond donors (Lipinski definition) is 1. The second-order valence-corrected chi connectivity index (χ2v) is 5.85. The fraction of sp³-hybridized carbons (Fsp3) is 0.733. The maximum atomic E-state index is 9.27. The molecule has 1 aromatic rings. The summed E-state index contributed by atoms with van der Waals surface area (Å²) in [5.41, 5.74) is 1.87. The van der Waals surface area contributed by atoms with Gasteiger partial charge < -0.3 is 0 Å². The van der Waals surface area contributed by atoms with Gasteiger partial charge >= 0.3 is 0 Å². The van der Waals surface area contributed by atoms with E-state index in [9.17, 15) is 5.26 Å². The average Bonchev–Trinajstić information content (AvgIpc) is 2.63. The SMILES string of the molecule is Cc1cc(C)n(CCCCC(C)(C#N)NC(C)C)n1. The highest BCUT2D eigenvalue weighted by Gasteiger charge is 2.23. The van der Waals surface area contributed by atoms with Crippen LogP contribution in [0.15, 0.2) is 6.07 Å². The van der Waals surface area contributed by atoms with Gasteiger partial charge in [0.1, 0.15) is 5.54 Å². The van der Waals surface area contributed by atoms with Crippen LogP contribution in [-0.2, 0) is 6.54 Å². The molecule has 0 radical (unpaired) electrons. The summed E-state index contributed by atoms with van der Waals surface area (Å²) in [6.45, 7) is 11.2. The molecule has 0 aliphatic rings. The van der Waals surface area contributed by atoms with Crippen molar-refractivity contribution >= 4 is 0 Å². The van der Waals surface area contributed by atoms with Crippen LogP contribution in [0.1, 0.15) is 51.4 Å². The van der Waals surface area contributed by atoms with Gasteiger partial charge in [-0.15, -0.1) is 0 Å². The summed E-state index contributed by atoms with van der Waals surface area (Å²) in [5, 5.41) is 17.1. The van der Waals surface area contributed by atoms with Gasteiger partial charge in [-0.3, -0.25) is 10.00 Å². The van der Waals surface area contributed by atoms with E-state index in [1.807, 2.05) is 13.8 Å². The highest BCUT2D eigenvalue weighted by Crippen LogP contribution is 2.15. The molecule has 0 fully saturated rings. The molecule has 1 unspecified atom stereocenters. The van der Waals surface area contributed by atoms with E-state index in [0.29, 0.717) is 6.04 Å². The lowest BCUT2D eigenvalue weighted by Crippen LogP contribution is -2.44. The van der Waals surface area contributed by atoms with Crippen LogP contribution in [-0.4, -0.2) is 21.4 Å². The zero-order chi connectivity index (χ0) is 14.5. The van der Waals surface area contributed by atoms with E-state index < -0.39 is 5.54 Å². The Morgan fingerprint density at radius 3 is 2.58 bits per heavy atom. The van der Waals surface area contributed by atoms with Crippen molar-refractivity contribution in [1.82, 2.24) is 15.1 Å². The molecule has 0 amide bonds. The highest BCUT2D eigenvalue weighted by atomic mass is 15.3. The van der Waals surface area contributed by atoms with Crippen LogP contribution >= 0.6 is 0 Å². The quantitative estimate of drug-likeness (QED) is 0.769. The second kappa shape index (κ2) is 6.72. The minimum atomic E-state index is -0.413. The Morgan fingerprint density at radius 2 is 2.11 bits per heavy atom. The molecule has 1 heterocycles. The summed E-state index contributed by atoms with van der Waals surface area (Å²) >= 11 is 0. The molecule has 4 heteroatoms. The number of nitrogens with zero attached hydrogens (tertiary/aromatic N) is 3. The van der Waals surface area contributed by atoms with Crippen molar-refractivity contribution in [3.05, 3.63) is 17.5 Å². The van der Waals surface area contributed by atoms with Gasteiger partial charge in [0, 0.05) is 18.3 Å². The van der Waals surface area contributed by atoms with Crippen molar-refractivity contribution in [2.75, 3.05) is 0 Å². The topological polar surface area (TPSA) is 53.6 Å². The van der Waals surface area contributed by atoms with Crippen molar-refractivity contribution in [3.8, 4) is 6.07 Å². The van der Waals surface area contributed by atoms with Gasteiger partial charge in [0.2, 0.25) is 0 Å². The number of unbranched alkanes of at least 4 members (excludes halogenated alkanes) is 1. The van der Waals surface area contributed by atoms with Crippen LogP contribution in [0.5, 0.6) is 0 Å². The number of aryl methyl sites for hydroxylation is 3. The minimum Gasteiger partial charge on any atom is -0.297 e. The lowest BCUT2D eigenvalue weighted by molar-refractivity contribution is 0.363. The van der Waals surface area contributed by atoms with Gasteiger partial charge in [0.15, 0.2) is 0 Å². The Hall–Kier alpha value is -1.34. The van der Waals surface area contributed by atoms with Gasteiger partial charge in [0.05, 0.1) is 11.8 Å². The fourth-order valence-corrected chi connectivity index (χ4v) is 2.44. The molecule has 0 aliphatic carbocycles. The van der Waals surface area contributed by atoms with Crippen molar-refractivity contribution < 1.29 is 0 Å². The van der Waals surface area contributed by atoms with Crippen molar-refractivity contribution in [3.63, 3.8) is 0 Å². The molecule has 1 rings (SSSR count). The van der Waals surface area contributed by atoms with E-state index in [1.165, 1.54) is 5.69 Å². The lowest BCUT2D eigenvalue weighted by atomic mass is 9.95. The van der Waals surface area contributed by atoms with E-state index >= 15 is 0 Å². The summed E-state index contributed by atoms with van der Waals surface area (Å²) in [6, 6.07) is 4.82. The molecule has 0 aliphatic heterocycles. The van der Waals surface area contributed by atoms with Gasteiger partial charge in [-0.25, -0.2) is 0 Å². The molecule has 106 valence electrons. The first-order chi connectivity index (χ1) is 8.86. The van der Waals surface area contributed by atoms with Gasteiger partial charge in [-0.2, -0.15) is 10.4 Å². The van der Waals surface area contributed by atoms with E-state index in [4.69, 9.17) is 0 Å². The second-order valence-electron chi connectivity index (χ2n) is 5.85. The zero-order valence-corrected chi connectivity index (χ0v) is 12.8. The Morgan fingerprint density at radius 1 is 1.42 bits per heavy atom. The molecule has 19 heavy (non-hydrogen) atoms. The van der Waals surface area contributed by atoms with E-state index in [1.54, 1.807) is 0 Å². The first-order valence-electron chi connectivity index (χ1n) is 7.06. The minimum absolute atomic E-state index is 0.334. The van der Waals surface area contributed by atoms with Crippen molar-refractivity contribution in [2.45, 2.75) is 72.0 Å². The van der Waals surface area contributed by atoms with Gasteiger partial charge in [0.25, 0.3) is 0 Å². The van der Waals surface area contributed by atoms with E-state index in [2.05, 4.69) is 48.0 Å². The van der Waals surface area contributed by atoms with Crippen molar-refractivity contribution in [2.24, 2.45) is 0 Å². The largest absolute Gasteiger partial charge is 0.297 e. The maximum Gasteiger partial charge on any atom is 0.104 e. The number of rotatable bonds is 7. The lowest BCUT2D eigenvalue weighted by Gasteiger charge is -2.25. The number of hydrogen-bond acceptors (Lipinski definition) is 3. The van der Waals surface area contributed by atoms with Gasteiger partial charge in [-0.05, 0) is 59.9 Å². The summed E-state index contributed by atoms with van der Waals surface area (Å²) in [4.78, 5) is 0. The monoisotopic (exact) mass is 262 g/mol. The Bertz CT molecular complexity index is 441. The maximum absolute atomic E-state index is 9.27. The molecular weight excluding hydrogens is 236 g/mol. The third-order valence-corrected chi connectivity index (χ3v) is 3.25. The smallest absolute Gasteiger partial charge is 0.104 e. The molecule has 0 aromatic carbocycles. The van der Waals surface area contributed by atoms with Crippen LogP contribution in [0, 0.1) is 25.2 Å². The molecule has 0 bridgehead atoms. The standard InChI is InChI=1S/C15H26N4/c1-12(2)17-15(5,11-16)8-6-7-9-19-14(4)10-13(3)18-19/h10,12,17H,6-9H2,1-5H3. The average molecular weight is 262 g/mol. The fourth-order valence-electron chi connectivity index (χ4n) is 2.44. The van der Waals surface area contributed by atoms with Crippen LogP contribution in [0.4, 0.5) is 0 Å². The number of nitrogens with one attached hydrogen (secondary N) is 1. The molecule has 0 spiro atoms. The van der Waals surface area contributed by atoms with Gasteiger partial charge in [-0.1, -0.05) is 0 Å². The third-order valence-electron chi connectivity index (χ3n) is 3.25. The van der Waals surface area contributed by atoms with Crippen LogP contribution in [0.3, 0.4) is 0 Å².